The highest BCUT2D eigenvalue weighted by Crippen LogP contribution is 2.21. The number of halogens is 2. The van der Waals surface area contributed by atoms with Crippen molar-refractivity contribution in [3.8, 4) is 5.69 Å². The first-order chi connectivity index (χ1) is 9.06. The quantitative estimate of drug-likeness (QED) is 0.658. The van der Waals surface area contributed by atoms with E-state index in [2.05, 4.69) is 4.98 Å². The van der Waals surface area contributed by atoms with Crippen molar-refractivity contribution < 1.29 is 8.78 Å². The molecule has 3 aromatic rings. The van der Waals surface area contributed by atoms with Crippen molar-refractivity contribution in [1.82, 2.24) is 9.55 Å². The molecule has 0 saturated carbocycles. The van der Waals surface area contributed by atoms with Crippen molar-refractivity contribution >= 4 is 23.3 Å². The third-order valence-electron chi connectivity index (χ3n) is 3.04. The van der Waals surface area contributed by atoms with E-state index in [0.29, 0.717) is 15.9 Å². The lowest BCUT2D eigenvalue weighted by Crippen LogP contribution is -1.95. The Morgan fingerprint density at radius 2 is 1.89 bits per heavy atom. The first-order valence-electron chi connectivity index (χ1n) is 5.73. The molecule has 0 bridgehead atoms. The summed E-state index contributed by atoms with van der Waals surface area (Å²) in [4.78, 5) is 2.94. The molecule has 0 aliphatic rings. The summed E-state index contributed by atoms with van der Waals surface area (Å²) < 4.78 is 28.7. The minimum Gasteiger partial charge on any atom is -0.330 e. The zero-order valence-corrected chi connectivity index (χ0v) is 10.9. The number of fused-ring (bicyclic) bond motifs is 1. The molecule has 0 radical (unpaired) electrons. The molecule has 0 atom stereocenters. The van der Waals surface area contributed by atoms with Gasteiger partial charge in [-0.1, -0.05) is 0 Å². The van der Waals surface area contributed by atoms with Crippen LogP contribution in [0.5, 0.6) is 0 Å². The number of nitrogens with zero attached hydrogens (tertiary/aromatic N) is 1. The van der Waals surface area contributed by atoms with E-state index in [1.165, 1.54) is 18.2 Å². The van der Waals surface area contributed by atoms with Gasteiger partial charge in [-0.3, -0.25) is 4.57 Å². The highest BCUT2D eigenvalue weighted by molar-refractivity contribution is 7.71. The molecule has 19 heavy (non-hydrogen) atoms. The summed E-state index contributed by atoms with van der Waals surface area (Å²) in [5, 5.41) is 0. The fourth-order valence-corrected chi connectivity index (χ4v) is 2.42. The summed E-state index contributed by atoms with van der Waals surface area (Å²) in [6.45, 7) is 1.69. The van der Waals surface area contributed by atoms with Crippen molar-refractivity contribution in [1.29, 1.82) is 0 Å². The van der Waals surface area contributed by atoms with Gasteiger partial charge in [0, 0.05) is 5.69 Å². The van der Waals surface area contributed by atoms with Gasteiger partial charge in [-0.25, -0.2) is 8.78 Å². The summed E-state index contributed by atoms with van der Waals surface area (Å²) in [7, 11) is 0. The topological polar surface area (TPSA) is 20.7 Å². The van der Waals surface area contributed by atoms with E-state index in [1.54, 1.807) is 29.7 Å². The maximum Gasteiger partial charge on any atom is 0.182 e. The fourth-order valence-electron chi connectivity index (χ4n) is 2.11. The van der Waals surface area contributed by atoms with Crippen LogP contribution >= 0.6 is 12.2 Å². The molecule has 0 saturated heterocycles. The van der Waals surface area contributed by atoms with Crippen molar-refractivity contribution in [2.45, 2.75) is 6.92 Å². The standard InChI is InChI=1S/C14H10F2N2S/c1-8-6-10(3-4-11(8)16)18-13-5-2-9(15)7-12(13)17-14(18)19/h2-7H,1H3,(H,17,19). The van der Waals surface area contributed by atoms with Crippen LogP contribution < -0.4 is 0 Å². The maximum atomic E-state index is 13.3. The molecule has 1 N–H and O–H groups in total. The lowest BCUT2D eigenvalue weighted by Gasteiger charge is -2.06. The number of nitrogens with one attached hydrogen (secondary N) is 1. The second kappa shape index (κ2) is 4.28. The van der Waals surface area contributed by atoms with Crippen LogP contribution in [0.25, 0.3) is 16.7 Å². The summed E-state index contributed by atoms with van der Waals surface area (Å²) in [5.41, 5.74) is 2.67. The minimum absolute atomic E-state index is 0.263. The van der Waals surface area contributed by atoms with Crippen LogP contribution in [0.4, 0.5) is 8.78 Å². The van der Waals surface area contributed by atoms with E-state index < -0.39 is 0 Å². The average Bonchev–Trinajstić information content (AvgIpc) is 2.68. The number of aromatic amines is 1. The number of benzene rings is 2. The van der Waals surface area contributed by atoms with Crippen molar-refractivity contribution in [3.05, 3.63) is 58.4 Å². The zero-order chi connectivity index (χ0) is 13.6. The van der Waals surface area contributed by atoms with Gasteiger partial charge in [0.2, 0.25) is 0 Å². The van der Waals surface area contributed by atoms with Gasteiger partial charge in [0.05, 0.1) is 11.0 Å². The molecule has 0 unspecified atom stereocenters. The van der Waals surface area contributed by atoms with Gasteiger partial charge in [-0.05, 0) is 61.1 Å². The SMILES string of the molecule is Cc1cc(-n2c(=S)[nH]c3cc(F)ccc32)ccc1F. The molecule has 0 fully saturated rings. The summed E-state index contributed by atoms with van der Waals surface area (Å²) in [6.07, 6.45) is 0. The Kier molecular flexibility index (Phi) is 2.71. The van der Waals surface area contributed by atoms with Crippen LogP contribution in [0.15, 0.2) is 36.4 Å². The molecule has 96 valence electrons. The van der Waals surface area contributed by atoms with Crippen LogP contribution in [-0.4, -0.2) is 9.55 Å². The minimum atomic E-state index is -0.328. The van der Waals surface area contributed by atoms with Gasteiger partial charge in [0.15, 0.2) is 4.77 Å². The Hall–Kier alpha value is -2.01. The van der Waals surface area contributed by atoms with Gasteiger partial charge in [0.25, 0.3) is 0 Å². The first kappa shape index (κ1) is 12.0. The maximum absolute atomic E-state index is 13.3. The number of imidazole rings is 1. The average molecular weight is 276 g/mol. The predicted octanol–water partition coefficient (Wildman–Crippen LogP) is 4.27. The Morgan fingerprint density at radius 3 is 2.63 bits per heavy atom. The molecule has 0 aliphatic heterocycles. The Labute approximate surface area is 113 Å². The van der Waals surface area contributed by atoms with Gasteiger partial charge >= 0.3 is 0 Å². The van der Waals surface area contributed by atoms with Gasteiger partial charge in [0.1, 0.15) is 11.6 Å². The molecular formula is C14H10F2N2S. The normalized spacial score (nSPS) is 11.1. The van der Waals surface area contributed by atoms with Crippen molar-refractivity contribution in [3.63, 3.8) is 0 Å². The van der Waals surface area contributed by atoms with Gasteiger partial charge < -0.3 is 4.98 Å². The van der Waals surface area contributed by atoms with Gasteiger partial charge in [-0.15, -0.1) is 0 Å². The number of hydrogen-bond donors (Lipinski definition) is 1. The number of aromatic nitrogens is 2. The van der Waals surface area contributed by atoms with Crippen LogP contribution in [0.2, 0.25) is 0 Å². The smallest absolute Gasteiger partial charge is 0.182 e. The van der Waals surface area contributed by atoms with Crippen molar-refractivity contribution in [2.75, 3.05) is 0 Å². The molecule has 0 amide bonds. The zero-order valence-electron chi connectivity index (χ0n) is 10.1. The molecule has 1 aromatic heterocycles. The van der Waals surface area contributed by atoms with Crippen LogP contribution in [0.3, 0.4) is 0 Å². The lowest BCUT2D eigenvalue weighted by molar-refractivity contribution is 0.618. The van der Waals surface area contributed by atoms with E-state index in [0.717, 1.165) is 11.2 Å². The molecule has 0 spiro atoms. The van der Waals surface area contributed by atoms with E-state index in [4.69, 9.17) is 12.2 Å². The summed E-state index contributed by atoms with van der Waals surface area (Å²) in [5.74, 6) is -0.590. The summed E-state index contributed by atoms with van der Waals surface area (Å²) >= 11 is 5.25. The third-order valence-corrected chi connectivity index (χ3v) is 3.33. The van der Waals surface area contributed by atoms with Crippen LogP contribution in [0.1, 0.15) is 5.56 Å². The van der Waals surface area contributed by atoms with Crippen LogP contribution in [-0.2, 0) is 0 Å². The number of hydrogen-bond acceptors (Lipinski definition) is 1. The Morgan fingerprint density at radius 1 is 1.11 bits per heavy atom. The second-order valence-corrected chi connectivity index (χ2v) is 4.75. The fraction of sp³-hybridized carbons (Fsp3) is 0.0714. The Balaban J connectivity index is 2.32. The largest absolute Gasteiger partial charge is 0.330 e. The number of rotatable bonds is 1. The highest BCUT2D eigenvalue weighted by Gasteiger charge is 2.08. The number of H-pyrrole nitrogens is 1. The third kappa shape index (κ3) is 1.96. The monoisotopic (exact) mass is 276 g/mol. The van der Waals surface area contributed by atoms with Crippen molar-refractivity contribution in [2.24, 2.45) is 0 Å². The summed E-state index contributed by atoms with van der Waals surface area (Å²) in [6, 6.07) is 9.16. The molecule has 2 nitrogen and oxygen atoms in total. The second-order valence-electron chi connectivity index (χ2n) is 4.36. The molecule has 5 heteroatoms. The number of aryl methyl sites for hydroxylation is 1. The molecule has 3 rings (SSSR count). The lowest BCUT2D eigenvalue weighted by atomic mass is 10.2. The van der Waals surface area contributed by atoms with Gasteiger partial charge in [-0.2, -0.15) is 0 Å². The van der Waals surface area contributed by atoms with E-state index in [1.807, 2.05) is 0 Å². The molecular weight excluding hydrogens is 266 g/mol. The first-order valence-corrected chi connectivity index (χ1v) is 6.14. The highest BCUT2D eigenvalue weighted by atomic mass is 32.1. The van der Waals surface area contributed by atoms with E-state index in [-0.39, 0.29) is 11.6 Å². The predicted molar refractivity (Wildman–Crippen MR) is 73.1 cm³/mol. The molecule has 2 aromatic carbocycles. The molecule has 1 heterocycles. The van der Waals surface area contributed by atoms with Crippen LogP contribution in [0, 0.1) is 23.3 Å². The Bertz CT molecular complexity index is 833. The molecule has 0 aliphatic carbocycles. The van der Waals surface area contributed by atoms with E-state index in [9.17, 15) is 8.78 Å². The van der Waals surface area contributed by atoms with E-state index >= 15 is 0 Å².